The fourth-order valence-electron chi connectivity index (χ4n) is 1.60. The van der Waals surface area contributed by atoms with Gasteiger partial charge in [0.05, 0.1) is 17.0 Å². The molecule has 2 aromatic rings. The summed E-state index contributed by atoms with van der Waals surface area (Å²) in [5.74, 6) is 0.465. The van der Waals surface area contributed by atoms with Crippen molar-refractivity contribution >= 4 is 22.8 Å². The Bertz CT molecular complexity index is 520. The van der Waals surface area contributed by atoms with E-state index in [2.05, 4.69) is 0 Å². The van der Waals surface area contributed by atoms with E-state index in [0.717, 1.165) is 0 Å². The molecule has 0 bridgehead atoms. The Kier molecular flexibility index (Phi) is 3.44. The highest BCUT2D eigenvalue weighted by atomic mass is 32.1. The van der Waals surface area contributed by atoms with Gasteiger partial charge in [-0.1, -0.05) is 12.1 Å². The average molecular weight is 247 g/mol. The Labute approximate surface area is 104 Å². The fourth-order valence-corrected chi connectivity index (χ4v) is 2.27. The van der Waals surface area contributed by atoms with Crippen LogP contribution < -0.4 is 10.5 Å². The van der Waals surface area contributed by atoms with Crippen molar-refractivity contribution in [1.29, 1.82) is 0 Å². The molecular formula is C13H13NO2S. The average Bonchev–Trinajstić information content (AvgIpc) is 2.82. The molecule has 1 heterocycles. The SMILES string of the molecule is CCOc1cccc(N)c1C(=O)c1cccs1. The zero-order valence-electron chi connectivity index (χ0n) is 9.47. The number of carbonyl (C=O) groups is 1. The number of anilines is 1. The number of nitrogen functional groups attached to an aromatic ring is 1. The van der Waals surface area contributed by atoms with Crippen LogP contribution in [0.4, 0.5) is 5.69 Å². The Hall–Kier alpha value is -1.81. The number of benzene rings is 1. The van der Waals surface area contributed by atoms with Gasteiger partial charge in [0.15, 0.2) is 0 Å². The van der Waals surface area contributed by atoms with Gasteiger partial charge in [-0.05, 0) is 30.5 Å². The molecule has 1 aromatic carbocycles. The van der Waals surface area contributed by atoms with Crippen LogP contribution in [0, 0.1) is 0 Å². The van der Waals surface area contributed by atoms with Gasteiger partial charge >= 0.3 is 0 Å². The molecule has 0 atom stereocenters. The lowest BCUT2D eigenvalue weighted by Crippen LogP contribution is -2.07. The number of ether oxygens (including phenoxy) is 1. The van der Waals surface area contributed by atoms with Gasteiger partial charge in [-0.2, -0.15) is 0 Å². The second-order valence-electron chi connectivity index (χ2n) is 3.46. The lowest BCUT2D eigenvalue weighted by Gasteiger charge is -2.10. The maximum absolute atomic E-state index is 12.3. The van der Waals surface area contributed by atoms with Crippen LogP contribution in [0.1, 0.15) is 22.2 Å². The fraction of sp³-hybridized carbons (Fsp3) is 0.154. The number of hydrogen-bond donors (Lipinski definition) is 1. The van der Waals surface area contributed by atoms with Gasteiger partial charge in [-0.25, -0.2) is 0 Å². The Morgan fingerprint density at radius 3 is 2.82 bits per heavy atom. The van der Waals surface area contributed by atoms with Crippen LogP contribution in [0.25, 0.3) is 0 Å². The van der Waals surface area contributed by atoms with Crippen LogP contribution in [0.5, 0.6) is 5.75 Å². The first kappa shape index (κ1) is 11.7. The summed E-state index contributed by atoms with van der Waals surface area (Å²) >= 11 is 1.40. The molecule has 0 spiro atoms. The number of nitrogens with two attached hydrogens (primary N) is 1. The smallest absolute Gasteiger partial charge is 0.208 e. The van der Waals surface area contributed by atoms with Crippen LogP contribution in [0.2, 0.25) is 0 Å². The number of carbonyl (C=O) groups excluding carboxylic acids is 1. The van der Waals surface area contributed by atoms with Gasteiger partial charge in [0, 0.05) is 5.69 Å². The van der Waals surface area contributed by atoms with Crippen molar-refractivity contribution in [3.05, 3.63) is 46.2 Å². The minimum Gasteiger partial charge on any atom is -0.493 e. The third-order valence-electron chi connectivity index (χ3n) is 2.33. The van der Waals surface area contributed by atoms with Crippen molar-refractivity contribution in [2.75, 3.05) is 12.3 Å². The summed E-state index contributed by atoms with van der Waals surface area (Å²) in [4.78, 5) is 12.9. The van der Waals surface area contributed by atoms with Crippen molar-refractivity contribution in [1.82, 2.24) is 0 Å². The van der Waals surface area contributed by atoms with E-state index < -0.39 is 0 Å². The lowest BCUT2D eigenvalue weighted by atomic mass is 10.1. The highest BCUT2D eigenvalue weighted by Gasteiger charge is 2.18. The molecule has 3 nitrogen and oxygen atoms in total. The van der Waals surface area contributed by atoms with Gasteiger partial charge in [-0.15, -0.1) is 11.3 Å². The van der Waals surface area contributed by atoms with Crippen molar-refractivity contribution in [3.8, 4) is 5.75 Å². The molecule has 4 heteroatoms. The van der Waals surface area contributed by atoms with E-state index in [-0.39, 0.29) is 5.78 Å². The summed E-state index contributed by atoms with van der Waals surface area (Å²) in [6, 6.07) is 8.89. The van der Waals surface area contributed by atoms with Crippen molar-refractivity contribution in [2.45, 2.75) is 6.92 Å². The first-order valence-electron chi connectivity index (χ1n) is 5.33. The first-order chi connectivity index (χ1) is 8.24. The van der Waals surface area contributed by atoms with Gasteiger partial charge in [0.1, 0.15) is 5.75 Å². The minimum absolute atomic E-state index is 0.0819. The summed E-state index contributed by atoms with van der Waals surface area (Å²) in [6.07, 6.45) is 0. The molecule has 88 valence electrons. The van der Waals surface area contributed by atoms with Crippen molar-refractivity contribution in [3.63, 3.8) is 0 Å². The second-order valence-corrected chi connectivity index (χ2v) is 4.41. The van der Waals surface area contributed by atoms with E-state index in [1.54, 1.807) is 24.3 Å². The summed E-state index contributed by atoms with van der Waals surface area (Å²) in [5, 5.41) is 1.87. The van der Waals surface area contributed by atoms with E-state index in [1.807, 2.05) is 18.4 Å². The zero-order valence-corrected chi connectivity index (χ0v) is 10.3. The normalized spacial score (nSPS) is 10.2. The maximum Gasteiger partial charge on any atom is 0.208 e. The third-order valence-corrected chi connectivity index (χ3v) is 3.20. The highest BCUT2D eigenvalue weighted by Crippen LogP contribution is 2.28. The van der Waals surface area contributed by atoms with Gasteiger partial charge in [0.2, 0.25) is 5.78 Å². The number of rotatable bonds is 4. The van der Waals surface area contributed by atoms with Crippen LogP contribution in [0.15, 0.2) is 35.7 Å². The molecule has 17 heavy (non-hydrogen) atoms. The van der Waals surface area contributed by atoms with E-state index in [1.165, 1.54) is 11.3 Å². The van der Waals surface area contributed by atoms with Crippen LogP contribution in [0.3, 0.4) is 0 Å². The summed E-state index contributed by atoms with van der Waals surface area (Å²) in [6.45, 7) is 2.39. The molecule has 0 radical (unpaired) electrons. The van der Waals surface area contributed by atoms with Crippen molar-refractivity contribution < 1.29 is 9.53 Å². The molecule has 0 saturated carbocycles. The number of hydrogen-bond acceptors (Lipinski definition) is 4. The maximum atomic E-state index is 12.3. The van der Waals surface area contributed by atoms with E-state index >= 15 is 0 Å². The molecule has 0 aliphatic rings. The third kappa shape index (κ3) is 2.31. The van der Waals surface area contributed by atoms with E-state index in [9.17, 15) is 4.79 Å². The standard InChI is InChI=1S/C13H13NO2S/c1-2-16-10-6-3-5-9(14)12(10)13(15)11-7-4-8-17-11/h3-8H,2,14H2,1H3. The lowest BCUT2D eigenvalue weighted by molar-refractivity contribution is 0.104. The molecule has 0 saturated heterocycles. The molecule has 1 aromatic heterocycles. The molecule has 0 amide bonds. The quantitative estimate of drug-likeness (QED) is 0.667. The van der Waals surface area contributed by atoms with Crippen molar-refractivity contribution in [2.24, 2.45) is 0 Å². The second kappa shape index (κ2) is 5.01. The topological polar surface area (TPSA) is 52.3 Å². The molecule has 0 aliphatic carbocycles. The summed E-state index contributed by atoms with van der Waals surface area (Å²) < 4.78 is 5.44. The van der Waals surface area contributed by atoms with E-state index in [4.69, 9.17) is 10.5 Å². The molecule has 0 unspecified atom stereocenters. The Balaban J connectivity index is 2.47. The van der Waals surface area contributed by atoms with Crippen LogP contribution >= 0.6 is 11.3 Å². The predicted octanol–water partition coefficient (Wildman–Crippen LogP) is 2.96. The molecule has 2 rings (SSSR count). The number of thiophene rings is 1. The van der Waals surface area contributed by atoms with Gasteiger partial charge in [0.25, 0.3) is 0 Å². The first-order valence-corrected chi connectivity index (χ1v) is 6.21. The zero-order chi connectivity index (χ0) is 12.3. The molecule has 2 N–H and O–H groups in total. The van der Waals surface area contributed by atoms with Gasteiger partial charge in [-0.3, -0.25) is 4.79 Å². The molecular weight excluding hydrogens is 234 g/mol. The molecule has 0 aliphatic heterocycles. The largest absolute Gasteiger partial charge is 0.493 e. The molecule has 0 fully saturated rings. The van der Waals surface area contributed by atoms with Gasteiger partial charge < -0.3 is 10.5 Å². The Morgan fingerprint density at radius 1 is 1.35 bits per heavy atom. The minimum atomic E-state index is -0.0819. The Morgan fingerprint density at radius 2 is 2.18 bits per heavy atom. The summed E-state index contributed by atoms with van der Waals surface area (Å²) in [7, 11) is 0. The predicted molar refractivity (Wildman–Crippen MR) is 69.8 cm³/mol. The van der Waals surface area contributed by atoms with E-state index in [0.29, 0.717) is 28.5 Å². The summed E-state index contributed by atoms with van der Waals surface area (Å²) in [5.41, 5.74) is 6.77. The van der Waals surface area contributed by atoms with Crippen LogP contribution in [-0.4, -0.2) is 12.4 Å². The number of ketones is 1. The highest BCUT2D eigenvalue weighted by molar-refractivity contribution is 7.12. The monoisotopic (exact) mass is 247 g/mol. The van der Waals surface area contributed by atoms with Crippen LogP contribution in [-0.2, 0) is 0 Å².